The molecule has 5 heteroatoms. The van der Waals surface area contributed by atoms with Crippen LogP contribution in [0.2, 0.25) is 0 Å². The molecule has 4 rings (SSSR count). The molecule has 21 heavy (non-hydrogen) atoms. The van der Waals surface area contributed by atoms with Crippen LogP contribution in [0, 0.1) is 6.92 Å². The van der Waals surface area contributed by atoms with Crippen molar-refractivity contribution in [3.8, 4) is 5.75 Å². The van der Waals surface area contributed by atoms with Crippen molar-refractivity contribution < 1.29 is 9.94 Å². The van der Waals surface area contributed by atoms with Gasteiger partial charge in [-0.25, -0.2) is 4.99 Å². The van der Waals surface area contributed by atoms with E-state index in [1.54, 1.807) is 23.5 Å². The van der Waals surface area contributed by atoms with E-state index in [0.29, 0.717) is 5.90 Å². The van der Waals surface area contributed by atoms with E-state index in [2.05, 4.69) is 17.4 Å². The summed E-state index contributed by atoms with van der Waals surface area (Å²) in [4.78, 5) is 12.8. The fraction of sp³-hybridized carbons (Fsp3) is 0.312. The van der Waals surface area contributed by atoms with Gasteiger partial charge in [0, 0.05) is 4.88 Å². The number of hydrogen-bond donors (Lipinski definition) is 2. The van der Waals surface area contributed by atoms with Gasteiger partial charge >= 0.3 is 0 Å². The molecule has 0 spiro atoms. The molecular formula is C16H16N2O2S. The summed E-state index contributed by atoms with van der Waals surface area (Å²) < 4.78 is 0. The number of fused-ring (bicyclic) bond motifs is 1. The average molecular weight is 300 g/mol. The lowest BCUT2D eigenvalue weighted by Crippen LogP contribution is -2.14. The van der Waals surface area contributed by atoms with Gasteiger partial charge in [0.1, 0.15) is 5.75 Å². The van der Waals surface area contributed by atoms with Crippen LogP contribution in [0.5, 0.6) is 5.75 Å². The van der Waals surface area contributed by atoms with Crippen LogP contribution in [-0.2, 0) is 17.7 Å². The van der Waals surface area contributed by atoms with E-state index in [0.717, 1.165) is 12.0 Å². The highest BCUT2D eigenvalue weighted by Crippen LogP contribution is 2.37. The van der Waals surface area contributed by atoms with Crippen molar-refractivity contribution in [2.24, 2.45) is 4.99 Å². The Hall–Kier alpha value is -1.85. The number of thiophene rings is 1. The molecule has 1 unspecified atom stereocenters. The number of phenolic OH excluding ortho intramolecular Hbond substituents is 1. The molecule has 1 atom stereocenters. The molecule has 2 heterocycles. The minimum atomic E-state index is -0.208. The molecule has 1 aliphatic heterocycles. The van der Waals surface area contributed by atoms with Gasteiger partial charge in [0.15, 0.2) is 6.17 Å². The maximum absolute atomic E-state index is 9.35. The van der Waals surface area contributed by atoms with Crippen molar-refractivity contribution in [3.05, 3.63) is 50.7 Å². The number of phenols is 1. The van der Waals surface area contributed by atoms with Gasteiger partial charge in [-0.05, 0) is 55.0 Å². The standard InChI is InChI=1S/C16H16N2O2S/c1-9-12-3-2-4-13(12)14(21-9)16-17-15(18-20-16)10-5-7-11(19)8-6-10/h5-8,15,18-19H,2-4H2,1H3. The third-order valence-electron chi connectivity index (χ3n) is 4.09. The molecule has 0 bridgehead atoms. The molecule has 0 fully saturated rings. The lowest BCUT2D eigenvalue weighted by Gasteiger charge is -2.05. The van der Waals surface area contributed by atoms with E-state index in [9.17, 15) is 5.11 Å². The molecule has 0 saturated heterocycles. The Morgan fingerprint density at radius 2 is 2.00 bits per heavy atom. The fourth-order valence-corrected chi connectivity index (χ4v) is 4.20. The predicted molar refractivity (Wildman–Crippen MR) is 82.7 cm³/mol. The van der Waals surface area contributed by atoms with Crippen LogP contribution in [0.25, 0.3) is 0 Å². The van der Waals surface area contributed by atoms with Crippen LogP contribution in [-0.4, -0.2) is 11.0 Å². The van der Waals surface area contributed by atoms with Gasteiger partial charge in [-0.1, -0.05) is 12.1 Å². The second kappa shape index (κ2) is 4.86. The van der Waals surface area contributed by atoms with Crippen LogP contribution in [0.3, 0.4) is 0 Å². The Morgan fingerprint density at radius 1 is 1.24 bits per heavy atom. The maximum atomic E-state index is 9.35. The Balaban J connectivity index is 1.67. The summed E-state index contributed by atoms with van der Waals surface area (Å²) >= 11 is 1.78. The normalized spacial score (nSPS) is 20.2. The van der Waals surface area contributed by atoms with E-state index >= 15 is 0 Å². The first kappa shape index (κ1) is 12.9. The molecule has 2 aromatic rings. The van der Waals surface area contributed by atoms with Crippen molar-refractivity contribution in [2.45, 2.75) is 32.4 Å². The van der Waals surface area contributed by atoms with Crippen molar-refractivity contribution in [3.63, 3.8) is 0 Å². The van der Waals surface area contributed by atoms with E-state index in [-0.39, 0.29) is 11.9 Å². The summed E-state index contributed by atoms with van der Waals surface area (Å²) in [7, 11) is 0. The number of aromatic hydroxyl groups is 1. The summed E-state index contributed by atoms with van der Waals surface area (Å²) in [6.07, 6.45) is 3.33. The summed E-state index contributed by atoms with van der Waals surface area (Å²) in [5, 5.41) is 9.35. The SMILES string of the molecule is Cc1sc(C2=NC(c3ccc(O)cc3)NO2)c2c1CCC2. The molecule has 0 radical (unpaired) electrons. The molecule has 2 aliphatic rings. The molecular weight excluding hydrogens is 284 g/mol. The quantitative estimate of drug-likeness (QED) is 0.895. The number of nitrogens with one attached hydrogen (secondary N) is 1. The third-order valence-corrected chi connectivity index (χ3v) is 5.27. The predicted octanol–water partition coefficient (Wildman–Crippen LogP) is 3.23. The molecule has 0 amide bonds. The number of rotatable bonds is 2. The molecule has 1 aromatic heterocycles. The van der Waals surface area contributed by atoms with E-state index in [4.69, 9.17) is 4.84 Å². The highest BCUT2D eigenvalue weighted by Gasteiger charge is 2.28. The first-order valence-corrected chi connectivity index (χ1v) is 7.94. The van der Waals surface area contributed by atoms with Gasteiger partial charge in [0.05, 0.1) is 4.88 Å². The highest BCUT2D eigenvalue weighted by atomic mass is 32.1. The first-order chi connectivity index (χ1) is 10.2. The summed E-state index contributed by atoms with van der Waals surface area (Å²) in [5.41, 5.74) is 6.86. The first-order valence-electron chi connectivity index (χ1n) is 7.13. The summed E-state index contributed by atoms with van der Waals surface area (Å²) in [6.45, 7) is 2.18. The zero-order valence-corrected chi connectivity index (χ0v) is 12.5. The van der Waals surface area contributed by atoms with Gasteiger partial charge in [-0.3, -0.25) is 0 Å². The number of benzene rings is 1. The van der Waals surface area contributed by atoms with E-state index in [1.165, 1.54) is 33.7 Å². The average Bonchev–Trinajstić information content (AvgIpc) is 3.18. The van der Waals surface area contributed by atoms with Gasteiger partial charge < -0.3 is 9.94 Å². The number of hydrogen-bond acceptors (Lipinski definition) is 5. The second-order valence-electron chi connectivity index (χ2n) is 5.45. The minimum absolute atomic E-state index is 0.208. The summed E-state index contributed by atoms with van der Waals surface area (Å²) in [6, 6.07) is 7.04. The Morgan fingerprint density at radius 3 is 2.81 bits per heavy atom. The van der Waals surface area contributed by atoms with E-state index in [1.807, 2.05) is 12.1 Å². The molecule has 0 saturated carbocycles. The van der Waals surface area contributed by atoms with Crippen LogP contribution in [0.15, 0.2) is 29.3 Å². The van der Waals surface area contributed by atoms with Gasteiger partial charge in [-0.2, -0.15) is 0 Å². The number of aryl methyl sites for hydroxylation is 1. The van der Waals surface area contributed by atoms with Crippen LogP contribution in [0.1, 0.15) is 39.0 Å². The zero-order valence-electron chi connectivity index (χ0n) is 11.7. The van der Waals surface area contributed by atoms with Gasteiger partial charge in [0.2, 0.25) is 0 Å². The largest absolute Gasteiger partial charge is 0.508 e. The van der Waals surface area contributed by atoms with E-state index < -0.39 is 0 Å². The second-order valence-corrected chi connectivity index (χ2v) is 6.67. The Bertz CT molecular complexity index is 719. The number of aliphatic imine (C=N–C) groups is 1. The van der Waals surface area contributed by atoms with Crippen LogP contribution in [0.4, 0.5) is 0 Å². The highest BCUT2D eigenvalue weighted by molar-refractivity contribution is 7.14. The van der Waals surface area contributed by atoms with Crippen LogP contribution >= 0.6 is 11.3 Å². The van der Waals surface area contributed by atoms with Gasteiger partial charge in [-0.15, -0.1) is 16.8 Å². The van der Waals surface area contributed by atoms with Crippen LogP contribution < -0.4 is 5.48 Å². The van der Waals surface area contributed by atoms with Crippen molar-refractivity contribution in [1.29, 1.82) is 0 Å². The molecule has 1 aromatic carbocycles. The van der Waals surface area contributed by atoms with Crippen molar-refractivity contribution in [1.82, 2.24) is 5.48 Å². The molecule has 2 N–H and O–H groups in total. The lowest BCUT2D eigenvalue weighted by molar-refractivity contribution is 0.180. The van der Waals surface area contributed by atoms with Crippen molar-refractivity contribution >= 4 is 17.2 Å². The maximum Gasteiger partial charge on any atom is 0.253 e. The Kier molecular flexibility index (Phi) is 2.97. The summed E-state index contributed by atoms with van der Waals surface area (Å²) in [5.74, 6) is 0.956. The van der Waals surface area contributed by atoms with Gasteiger partial charge in [0.25, 0.3) is 5.90 Å². The molecule has 4 nitrogen and oxygen atoms in total. The topological polar surface area (TPSA) is 53.9 Å². The third kappa shape index (κ3) is 2.13. The monoisotopic (exact) mass is 300 g/mol. The Labute approximate surface area is 127 Å². The number of hydroxylamine groups is 1. The fourth-order valence-electron chi connectivity index (χ4n) is 3.02. The minimum Gasteiger partial charge on any atom is -0.508 e. The lowest BCUT2D eigenvalue weighted by atomic mass is 10.1. The smallest absolute Gasteiger partial charge is 0.253 e. The molecule has 1 aliphatic carbocycles. The molecule has 108 valence electrons. The zero-order chi connectivity index (χ0) is 14.4. The van der Waals surface area contributed by atoms with Crippen molar-refractivity contribution in [2.75, 3.05) is 0 Å². The number of nitrogens with zero attached hydrogens (tertiary/aromatic N) is 1.